The number of hydrogen-bond donors (Lipinski definition) is 0. The van der Waals surface area contributed by atoms with Crippen LogP contribution in [0.25, 0.3) is 0 Å². The lowest BCUT2D eigenvalue weighted by Crippen LogP contribution is -2.15. The Hall–Kier alpha value is -0.590. The molecule has 0 aromatic carbocycles. The Labute approximate surface area is 69.5 Å². The molecule has 0 rings (SSSR count). The van der Waals surface area contributed by atoms with Crippen LogP contribution in [0.5, 0.6) is 0 Å². The summed E-state index contributed by atoms with van der Waals surface area (Å²) in [6.07, 6.45) is 4.28. The quantitative estimate of drug-likeness (QED) is 0.556. The molecule has 64 valence electrons. The van der Waals surface area contributed by atoms with E-state index in [1.807, 2.05) is 0 Å². The minimum Gasteiger partial charge on any atom is -0.295 e. The second-order valence-electron chi connectivity index (χ2n) is 3.76. The van der Waals surface area contributed by atoms with Crippen molar-refractivity contribution in [3.05, 3.63) is 12.7 Å². The van der Waals surface area contributed by atoms with Crippen LogP contribution in [0.15, 0.2) is 12.7 Å². The highest BCUT2D eigenvalue weighted by Gasteiger charge is 2.18. The predicted molar refractivity (Wildman–Crippen MR) is 48.5 cm³/mol. The lowest BCUT2D eigenvalue weighted by atomic mass is 9.83. The van der Waals surface area contributed by atoms with Crippen LogP contribution in [0.1, 0.15) is 40.0 Å². The second kappa shape index (κ2) is 4.32. The maximum atomic E-state index is 11.0. The molecule has 0 atom stereocenters. The topological polar surface area (TPSA) is 17.1 Å². The average molecular weight is 154 g/mol. The van der Waals surface area contributed by atoms with Gasteiger partial charge >= 0.3 is 0 Å². The molecule has 0 bridgehead atoms. The molecule has 0 N–H and O–H groups in total. The highest BCUT2D eigenvalue weighted by molar-refractivity contribution is 5.89. The number of rotatable bonds is 5. The van der Waals surface area contributed by atoms with Gasteiger partial charge in [-0.25, -0.2) is 0 Å². The zero-order chi connectivity index (χ0) is 8.91. The molecule has 11 heavy (non-hydrogen) atoms. The molecule has 0 amide bonds. The van der Waals surface area contributed by atoms with Crippen molar-refractivity contribution in [1.29, 1.82) is 0 Å². The minimum atomic E-state index is 0.153. The molecule has 0 spiro atoms. The van der Waals surface area contributed by atoms with Gasteiger partial charge in [0.2, 0.25) is 0 Å². The van der Waals surface area contributed by atoms with Crippen LogP contribution in [-0.4, -0.2) is 5.78 Å². The van der Waals surface area contributed by atoms with E-state index < -0.39 is 0 Å². The molecule has 0 radical (unpaired) electrons. The van der Waals surface area contributed by atoms with Gasteiger partial charge in [-0.1, -0.05) is 33.8 Å². The van der Waals surface area contributed by atoms with E-state index in [1.165, 1.54) is 6.08 Å². The fraction of sp³-hybridized carbons (Fsp3) is 0.700. The van der Waals surface area contributed by atoms with Gasteiger partial charge in [-0.05, 0) is 17.9 Å². The first-order chi connectivity index (χ1) is 5.02. The van der Waals surface area contributed by atoms with Crippen LogP contribution in [0.2, 0.25) is 0 Å². The first kappa shape index (κ1) is 10.4. The summed E-state index contributed by atoms with van der Waals surface area (Å²) in [5, 5.41) is 0. The van der Waals surface area contributed by atoms with Crippen LogP contribution < -0.4 is 0 Å². The Morgan fingerprint density at radius 1 is 1.55 bits per heavy atom. The van der Waals surface area contributed by atoms with E-state index in [0.29, 0.717) is 6.42 Å². The lowest BCUT2D eigenvalue weighted by Gasteiger charge is -2.21. The van der Waals surface area contributed by atoms with E-state index in [4.69, 9.17) is 0 Å². The smallest absolute Gasteiger partial charge is 0.155 e. The van der Waals surface area contributed by atoms with Gasteiger partial charge in [0.1, 0.15) is 0 Å². The summed E-state index contributed by atoms with van der Waals surface area (Å²) in [6.45, 7) is 9.84. The first-order valence-corrected chi connectivity index (χ1v) is 4.17. The summed E-state index contributed by atoms with van der Waals surface area (Å²) in [5.74, 6) is 0.156. The van der Waals surface area contributed by atoms with E-state index in [0.717, 1.165) is 12.8 Å². The van der Waals surface area contributed by atoms with Crippen molar-refractivity contribution in [2.45, 2.75) is 40.0 Å². The summed E-state index contributed by atoms with van der Waals surface area (Å²) in [6, 6.07) is 0. The Kier molecular flexibility index (Phi) is 4.09. The summed E-state index contributed by atoms with van der Waals surface area (Å²) < 4.78 is 0. The van der Waals surface area contributed by atoms with Gasteiger partial charge in [0.05, 0.1) is 0 Å². The number of allylic oxidation sites excluding steroid dienone is 1. The highest BCUT2D eigenvalue weighted by atomic mass is 16.1. The van der Waals surface area contributed by atoms with Gasteiger partial charge in [-0.2, -0.15) is 0 Å². The monoisotopic (exact) mass is 154 g/mol. The summed E-state index contributed by atoms with van der Waals surface area (Å²) in [4.78, 5) is 11.0. The van der Waals surface area contributed by atoms with E-state index in [2.05, 4.69) is 27.4 Å². The first-order valence-electron chi connectivity index (χ1n) is 4.17. The van der Waals surface area contributed by atoms with Crippen LogP contribution in [0.3, 0.4) is 0 Å². The van der Waals surface area contributed by atoms with Crippen molar-refractivity contribution in [1.82, 2.24) is 0 Å². The molecule has 0 fully saturated rings. The van der Waals surface area contributed by atoms with Gasteiger partial charge in [-0.15, -0.1) is 0 Å². The SMILES string of the molecule is C=CC(=O)CC(C)(C)CCC. The standard InChI is InChI=1S/C10H18O/c1-5-7-10(3,4)8-9(11)6-2/h6H,2,5,7-8H2,1,3-4H3. The van der Waals surface area contributed by atoms with Crippen molar-refractivity contribution in [3.8, 4) is 0 Å². The summed E-state index contributed by atoms with van der Waals surface area (Å²) in [5.41, 5.74) is 0.153. The fourth-order valence-electron chi connectivity index (χ4n) is 1.31. The van der Waals surface area contributed by atoms with Crippen LogP contribution in [0, 0.1) is 5.41 Å². The lowest BCUT2D eigenvalue weighted by molar-refractivity contribution is -0.116. The third-order valence-corrected chi connectivity index (χ3v) is 1.81. The van der Waals surface area contributed by atoms with Crippen molar-refractivity contribution < 1.29 is 4.79 Å². The van der Waals surface area contributed by atoms with Crippen molar-refractivity contribution >= 4 is 5.78 Å². The summed E-state index contributed by atoms with van der Waals surface area (Å²) in [7, 11) is 0. The van der Waals surface area contributed by atoms with Gasteiger partial charge in [0.15, 0.2) is 5.78 Å². The van der Waals surface area contributed by atoms with Gasteiger partial charge in [-0.3, -0.25) is 4.79 Å². The van der Waals surface area contributed by atoms with Crippen molar-refractivity contribution in [2.24, 2.45) is 5.41 Å². The van der Waals surface area contributed by atoms with Gasteiger partial charge in [0.25, 0.3) is 0 Å². The predicted octanol–water partition coefficient (Wildman–Crippen LogP) is 2.96. The fourth-order valence-corrected chi connectivity index (χ4v) is 1.31. The molecule has 0 unspecified atom stereocenters. The third-order valence-electron chi connectivity index (χ3n) is 1.81. The molecule has 0 aromatic heterocycles. The average Bonchev–Trinajstić information content (AvgIpc) is 1.86. The number of hydrogen-bond acceptors (Lipinski definition) is 1. The Morgan fingerprint density at radius 2 is 2.09 bits per heavy atom. The molecule has 1 heteroatoms. The molecule has 0 saturated carbocycles. The molecule has 0 aromatic rings. The molecule has 0 saturated heterocycles. The Bertz CT molecular complexity index is 145. The van der Waals surface area contributed by atoms with Crippen LogP contribution >= 0.6 is 0 Å². The number of ketones is 1. The van der Waals surface area contributed by atoms with E-state index in [9.17, 15) is 4.79 Å². The molecule has 0 aliphatic rings. The zero-order valence-corrected chi connectivity index (χ0v) is 7.81. The molecule has 1 nitrogen and oxygen atoms in total. The Morgan fingerprint density at radius 3 is 2.45 bits per heavy atom. The summed E-state index contributed by atoms with van der Waals surface area (Å²) >= 11 is 0. The van der Waals surface area contributed by atoms with Crippen LogP contribution in [-0.2, 0) is 4.79 Å². The van der Waals surface area contributed by atoms with Gasteiger partial charge < -0.3 is 0 Å². The van der Waals surface area contributed by atoms with Crippen molar-refractivity contribution in [2.75, 3.05) is 0 Å². The van der Waals surface area contributed by atoms with E-state index in [1.54, 1.807) is 0 Å². The molecular weight excluding hydrogens is 136 g/mol. The normalized spacial score (nSPS) is 11.2. The van der Waals surface area contributed by atoms with E-state index in [-0.39, 0.29) is 11.2 Å². The highest BCUT2D eigenvalue weighted by Crippen LogP contribution is 2.26. The molecule has 0 aliphatic carbocycles. The molecular formula is C10H18O. The number of carbonyl (C=O) groups excluding carboxylic acids is 1. The van der Waals surface area contributed by atoms with Gasteiger partial charge in [0, 0.05) is 6.42 Å². The molecule has 0 aliphatic heterocycles. The number of carbonyl (C=O) groups is 1. The Balaban J connectivity index is 3.89. The molecule has 0 heterocycles. The second-order valence-corrected chi connectivity index (χ2v) is 3.76. The maximum Gasteiger partial charge on any atom is 0.155 e. The van der Waals surface area contributed by atoms with Crippen molar-refractivity contribution in [3.63, 3.8) is 0 Å². The van der Waals surface area contributed by atoms with E-state index >= 15 is 0 Å². The zero-order valence-electron chi connectivity index (χ0n) is 7.81. The third kappa shape index (κ3) is 4.77. The minimum absolute atomic E-state index is 0.153. The van der Waals surface area contributed by atoms with Crippen LogP contribution in [0.4, 0.5) is 0 Å². The maximum absolute atomic E-state index is 11.0. The largest absolute Gasteiger partial charge is 0.295 e.